The monoisotopic (exact) mass is 460 g/mol. The van der Waals surface area contributed by atoms with E-state index in [1.807, 2.05) is 27.7 Å². The van der Waals surface area contributed by atoms with E-state index >= 15 is 0 Å². The third kappa shape index (κ3) is 7.06. The van der Waals surface area contributed by atoms with Crippen molar-refractivity contribution < 1.29 is 19.4 Å². The predicted octanol–water partition coefficient (Wildman–Crippen LogP) is 3.84. The number of nitrogens with zero attached hydrogens (tertiary/aromatic N) is 2. The number of pyridine rings is 1. The largest absolute Gasteiger partial charge is 0.480 e. The number of urea groups is 1. The Bertz CT molecular complexity index is 800. The number of aliphatic carboxylic acids is 1. The Hall–Kier alpha value is -2.35. The minimum atomic E-state index is -1.03. The second-order valence-corrected chi connectivity index (χ2v) is 9.93. The van der Waals surface area contributed by atoms with Crippen molar-refractivity contribution in [3.8, 4) is 0 Å². The highest BCUT2D eigenvalue weighted by Gasteiger charge is 2.31. The first-order valence-corrected chi connectivity index (χ1v) is 12.4. The van der Waals surface area contributed by atoms with Crippen molar-refractivity contribution in [3.63, 3.8) is 0 Å². The molecule has 3 N–H and O–H groups in total. The average molecular weight is 461 g/mol. The van der Waals surface area contributed by atoms with Gasteiger partial charge in [-0.05, 0) is 83.8 Å². The molecule has 2 amide bonds. The highest BCUT2D eigenvalue weighted by atomic mass is 16.5. The minimum Gasteiger partial charge on any atom is -0.480 e. The van der Waals surface area contributed by atoms with Gasteiger partial charge >= 0.3 is 12.0 Å². The van der Waals surface area contributed by atoms with Gasteiger partial charge in [0.1, 0.15) is 11.9 Å². The molecule has 0 unspecified atom stereocenters. The number of anilines is 1. The quantitative estimate of drug-likeness (QED) is 0.464. The Morgan fingerprint density at radius 2 is 1.97 bits per heavy atom. The molecule has 1 saturated carbocycles. The van der Waals surface area contributed by atoms with Gasteiger partial charge in [-0.25, -0.2) is 14.6 Å². The van der Waals surface area contributed by atoms with Crippen LogP contribution in [0.2, 0.25) is 0 Å². The van der Waals surface area contributed by atoms with Crippen LogP contribution < -0.4 is 10.6 Å². The standard InChI is InChI=1S/C25H40N4O4/c1-16(2)29(17(3)4)25(32)28-22(24(30)31)11-13-33-21-14-18(15-21)7-9-20-10-8-19-6-5-12-26-23(19)27-20/h8,10,16-18,21-22H,5-7,9,11-15H2,1-4H3,(H,26,27)(H,28,32)(H,30,31)/t18?,21?,22-/m0/s1. The van der Waals surface area contributed by atoms with Crippen LogP contribution in [0.15, 0.2) is 12.1 Å². The number of hydrogen-bond donors (Lipinski definition) is 3. The Kier molecular flexibility index (Phi) is 8.95. The lowest BCUT2D eigenvalue weighted by Gasteiger charge is -2.35. The van der Waals surface area contributed by atoms with Crippen molar-refractivity contribution in [1.82, 2.24) is 15.2 Å². The molecule has 1 fully saturated rings. The van der Waals surface area contributed by atoms with Gasteiger partial charge in [0.05, 0.1) is 6.10 Å². The molecule has 8 nitrogen and oxygen atoms in total. The molecule has 0 radical (unpaired) electrons. The smallest absolute Gasteiger partial charge is 0.326 e. The summed E-state index contributed by atoms with van der Waals surface area (Å²) in [5.74, 6) is 0.651. The molecular formula is C25H40N4O4. The van der Waals surface area contributed by atoms with E-state index in [4.69, 9.17) is 9.72 Å². The van der Waals surface area contributed by atoms with E-state index in [2.05, 4.69) is 22.8 Å². The van der Waals surface area contributed by atoms with Gasteiger partial charge in [-0.1, -0.05) is 6.07 Å². The van der Waals surface area contributed by atoms with Crippen LogP contribution in [0, 0.1) is 5.92 Å². The number of aryl methyl sites for hydroxylation is 2. The summed E-state index contributed by atoms with van der Waals surface area (Å²) in [5.41, 5.74) is 2.46. The van der Waals surface area contributed by atoms with Crippen LogP contribution in [0.1, 0.15) is 71.1 Å². The number of carbonyl (C=O) groups excluding carboxylic acids is 1. The van der Waals surface area contributed by atoms with Crippen LogP contribution in [0.5, 0.6) is 0 Å². The van der Waals surface area contributed by atoms with Crippen LogP contribution in [-0.2, 0) is 22.4 Å². The first-order valence-electron chi connectivity index (χ1n) is 12.4. The number of nitrogens with one attached hydrogen (secondary N) is 2. The normalized spacial score (nSPS) is 20.5. The molecule has 0 spiro atoms. The fourth-order valence-electron chi connectivity index (χ4n) is 4.81. The summed E-state index contributed by atoms with van der Waals surface area (Å²) in [6.07, 6.45) is 6.80. The van der Waals surface area contributed by atoms with Gasteiger partial charge in [-0.15, -0.1) is 0 Å². The number of fused-ring (bicyclic) bond motifs is 1. The van der Waals surface area contributed by atoms with Crippen LogP contribution in [0.3, 0.4) is 0 Å². The predicted molar refractivity (Wildman–Crippen MR) is 129 cm³/mol. The summed E-state index contributed by atoms with van der Waals surface area (Å²) in [4.78, 5) is 30.6. The lowest BCUT2D eigenvalue weighted by Crippen LogP contribution is -2.52. The van der Waals surface area contributed by atoms with Crippen LogP contribution in [0.4, 0.5) is 10.6 Å². The van der Waals surface area contributed by atoms with Gasteiger partial charge in [0, 0.05) is 37.4 Å². The van der Waals surface area contributed by atoms with E-state index in [1.165, 1.54) is 12.0 Å². The average Bonchev–Trinajstić information content (AvgIpc) is 2.72. The van der Waals surface area contributed by atoms with E-state index in [-0.39, 0.29) is 30.6 Å². The van der Waals surface area contributed by atoms with E-state index in [0.29, 0.717) is 12.5 Å². The number of carboxylic acid groups (broad SMARTS) is 1. The fourth-order valence-corrected chi connectivity index (χ4v) is 4.81. The van der Waals surface area contributed by atoms with E-state index in [0.717, 1.165) is 50.2 Å². The molecule has 3 rings (SSSR count). The lowest BCUT2D eigenvalue weighted by atomic mass is 9.79. The molecule has 1 aromatic heterocycles. The summed E-state index contributed by atoms with van der Waals surface area (Å²) >= 11 is 0. The molecule has 2 heterocycles. The van der Waals surface area contributed by atoms with Crippen LogP contribution >= 0.6 is 0 Å². The van der Waals surface area contributed by atoms with Crippen molar-refractivity contribution in [2.75, 3.05) is 18.5 Å². The summed E-state index contributed by atoms with van der Waals surface area (Å²) in [5, 5.41) is 15.6. The Balaban J connectivity index is 1.35. The molecule has 184 valence electrons. The lowest BCUT2D eigenvalue weighted by molar-refractivity contribution is -0.140. The summed E-state index contributed by atoms with van der Waals surface area (Å²) < 4.78 is 5.90. The number of ether oxygens (including phenoxy) is 1. The maximum absolute atomic E-state index is 12.5. The first kappa shape index (κ1) is 25.3. The van der Waals surface area contributed by atoms with E-state index < -0.39 is 12.0 Å². The number of carboxylic acids is 1. The number of carbonyl (C=O) groups is 2. The van der Waals surface area contributed by atoms with Gasteiger partial charge < -0.3 is 25.4 Å². The molecule has 2 aliphatic rings. The molecule has 8 heteroatoms. The third-order valence-electron chi connectivity index (χ3n) is 6.66. The summed E-state index contributed by atoms with van der Waals surface area (Å²) in [7, 11) is 0. The number of aromatic nitrogens is 1. The molecular weight excluding hydrogens is 420 g/mol. The number of hydrogen-bond acceptors (Lipinski definition) is 5. The maximum atomic E-state index is 12.5. The fraction of sp³-hybridized carbons (Fsp3) is 0.720. The first-order chi connectivity index (χ1) is 15.7. The molecule has 1 atom stereocenters. The Labute approximate surface area is 197 Å². The molecule has 1 aliphatic heterocycles. The van der Waals surface area contributed by atoms with Crippen molar-refractivity contribution in [1.29, 1.82) is 0 Å². The molecule has 0 bridgehead atoms. The van der Waals surface area contributed by atoms with E-state index in [9.17, 15) is 14.7 Å². The zero-order valence-corrected chi connectivity index (χ0v) is 20.5. The van der Waals surface area contributed by atoms with Gasteiger partial charge in [-0.3, -0.25) is 0 Å². The van der Waals surface area contributed by atoms with Crippen LogP contribution in [0.25, 0.3) is 0 Å². The van der Waals surface area contributed by atoms with Crippen molar-refractivity contribution in [2.45, 2.75) is 96.9 Å². The second-order valence-electron chi connectivity index (χ2n) is 9.93. The SMILES string of the molecule is CC(C)N(C(=O)N[C@@H](CCOC1CC(CCc2ccc3c(n2)NCCC3)C1)C(=O)O)C(C)C. The summed E-state index contributed by atoms with van der Waals surface area (Å²) in [6, 6.07) is 3.05. The zero-order chi connectivity index (χ0) is 24.0. The van der Waals surface area contributed by atoms with Crippen molar-refractivity contribution in [2.24, 2.45) is 5.92 Å². The molecule has 33 heavy (non-hydrogen) atoms. The zero-order valence-electron chi connectivity index (χ0n) is 20.5. The topological polar surface area (TPSA) is 104 Å². The second kappa shape index (κ2) is 11.7. The maximum Gasteiger partial charge on any atom is 0.326 e. The van der Waals surface area contributed by atoms with Crippen molar-refractivity contribution >= 4 is 17.8 Å². The summed E-state index contributed by atoms with van der Waals surface area (Å²) in [6.45, 7) is 9.02. The highest BCUT2D eigenvalue weighted by Crippen LogP contribution is 2.34. The van der Waals surface area contributed by atoms with Gasteiger partial charge in [0.25, 0.3) is 0 Å². The molecule has 1 aliphatic carbocycles. The Morgan fingerprint density at radius 3 is 2.64 bits per heavy atom. The third-order valence-corrected chi connectivity index (χ3v) is 6.66. The Morgan fingerprint density at radius 1 is 1.24 bits per heavy atom. The molecule has 0 saturated heterocycles. The van der Waals surface area contributed by atoms with Gasteiger partial charge in [0.2, 0.25) is 0 Å². The molecule has 1 aromatic rings. The van der Waals surface area contributed by atoms with Crippen molar-refractivity contribution in [3.05, 3.63) is 23.4 Å². The highest BCUT2D eigenvalue weighted by molar-refractivity contribution is 5.82. The minimum absolute atomic E-state index is 0.00428. The van der Waals surface area contributed by atoms with Crippen LogP contribution in [-0.4, -0.2) is 64.4 Å². The van der Waals surface area contributed by atoms with Gasteiger partial charge in [-0.2, -0.15) is 0 Å². The number of amides is 2. The molecule has 0 aromatic carbocycles. The van der Waals surface area contributed by atoms with E-state index in [1.54, 1.807) is 4.90 Å². The van der Waals surface area contributed by atoms with Gasteiger partial charge in [0.15, 0.2) is 0 Å². The number of rotatable bonds is 11.